The van der Waals surface area contributed by atoms with E-state index in [0.29, 0.717) is 18.7 Å². The number of esters is 1. The van der Waals surface area contributed by atoms with Crippen LogP contribution < -0.4 is 5.32 Å². The molecule has 1 aromatic rings. The van der Waals surface area contributed by atoms with Crippen molar-refractivity contribution in [1.29, 1.82) is 0 Å². The SMILES string of the molecule is CCN(CC(=O)NC(C)C)Cc1ccc(C(=O)OC)cc1. The number of carbonyl (C=O) groups is 2. The third-order valence-electron chi connectivity index (χ3n) is 3.05. The van der Waals surface area contributed by atoms with Crippen LogP contribution in [0.15, 0.2) is 24.3 Å². The molecule has 116 valence electrons. The second-order valence-corrected chi connectivity index (χ2v) is 5.21. The van der Waals surface area contributed by atoms with Gasteiger partial charge >= 0.3 is 5.97 Å². The van der Waals surface area contributed by atoms with Gasteiger partial charge in [0.25, 0.3) is 0 Å². The molecule has 0 aliphatic heterocycles. The van der Waals surface area contributed by atoms with Gasteiger partial charge in [-0.3, -0.25) is 9.69 Å². The fourth-order valence-electron chi connectivity index (χ4n) is 1.97. The Kier molecular flexibility index (Phi) is 6.88. The van der Waals surface area contributed by atoms with E-state index in [9.17, 15) is 9.59 Å². The van der Waals surface area contributed by atoms with Crippen LogP contribution >= 0.6 is 0 Å². The molecule has 0 heterocycles. The Hall–Kier alpha value is -1.88. The molecule has 0 aromatic heterocycles. The molecule has 1 N–H and O–H groups in total. The molecule has 1 rings (SSSR count). The number of ether oxygens (including phenoxy) is 1. The van der Waals surface area contributed by atoms with Gasteiger partial charge in [0.05, 0.1) is 19.2 Å². The number of methoxy groups -OCH3 is 1. The molecule has 0 aliphatic carbocycles. The van der Waals surface area contributed by atoms with Crippen molar-refractivity contribution in [2.24, 2.45) is 0 Å². The van der Waals surface area contributed by atoms with Gasteiger partial charge in [-0.05, 0) is 38.1 Å². The molecule has 0 unspecified atom stereocenters. The molecular formula is C16H24N2O3. The normalized spacial score (nSPS) is 10.8. The maximum Gasteiger partial charge on any atom is 0.337 e. The Labute approximate surface area is 126 Å². The minimum Gasteiger partial charge on any atom is -0.465 e. The fraction of sp³-hybridized carbons (Fsp3) is 0.500. The molecule has 1 amide bonds. The Morgan fingerprint density at radius 2 is 1.86 bits per heavy atom. The van der Waals surface area contributed by atoms with Crippen molar-refractivity contribution in [2.45, 2.75) is 33.4 Å². The largest absolute Gasteiger partial charge is 0.465 e. The minimum atomic E-state index is -0.342. The standard InChI is InChI=1S/C16H24N2O3/c1-5-18(11-15(19)17-12(2)3)10-13-6-8-14(9-7-13)16(20)21-4/h6-9,12H,5,10-11H2,1-4H3,(H,17,19). The molecule has 5 heteroatoms. The van der Waals surface area contributed by atoms with Gasteiger partial charge in [-0.25, -0.2) is 4.79 Å². The predicted molar refractivity (Wildman–Crippen MR) is 82.0 cm³/mol. The number of rotatable bonds is 7. The zero-order chi connectivity index (χ0) is 15.8. The zero-order valence-electron chi connectivity index (χ0n) is 13.2. The summed E-state index contributed by atoms with van der Waals surface area (Å²) in [5.74, 6) is -0.316. The number of amides is 1. The van der Waals surface area contributed by atoms with E-state index in [0.717, 1.165) is 12.1 Å². The lowest BCUT2D eigenvalue weighted by Gasteiger charge is -2.20. The number of carbonyl (C=O) groups excluding carboxylic acids is 2. The summed E-state index contributed by atoms with van der Waals surface area (Å²) in [4.78, 5) is 25.2. The third kappa shape index (κ3) is 5.95. The number of nitrogens with zero attached hydrogens (tertiary/aromatic N) is 1. The Balaban J connectivity index is 2.60. The van der Waals surface area contributed by atoms with Gasteiger partial charge in [0, 0.05) is 12.6 Å². The van der Waals surface area contributed by atoms with Crippen LogP contribution in [0.5, 0.6) is 0 Å². The van der Waals surface area contributed by atoms with Crippen LogP contribution in [0.25, 0.3) is 0 Å². The van der Waals surface area contributed by atoms with Crippen LogP contribution in [0, 0.1) is 0 Å². The lowest BCUT2D eigenvalue weighted by Crippen LogP contribution is -2.39. The Morgan fingerprint density at radius 3 is 2.33 bits per heavy atom. The van der Waals surface area contributed by atoms with Gasteiger partial charge in [0.2, 0.25) is 5.91 Å². The van der Waals surface area contributed by atoms with Gasteiger partial charge in [-0.15, -0.1) is 0 Å². The fourth-order valence-corrected chi connectivity index (χ4v) is 1.97. The van der Waals surface area contributed by atoms with Crippen LogP contribution in [0.3, 0.4) is 0 Å². The number of nitrogens with one attached hydrogen (secondary N) is 1. The van der Waals surface area contributed by atoms with Crippen molar-refractivity contribution in [2.75, 3.05) is 20.2 Å². The summed E-state index contributed by atoms with van der Waals surface area (Å²) in [6.07, 6.45) is 0. The van der Waals surface area contributed by atoms with Crippen molar-refractivity contribution in [3.63, 3.8) is 0 Å². The number of hydrogen-bond acceptors (Lipinski definition) is 4. The Bertz CT molecular complexity index is 469. The zero-order valence-corrected chi connectivity index (χ0v) is 13.2. The molecule has 0 atom stereocenters. The van der Waals surface area contributed by atoms with Crippen molar-refractivity contribution in [3.05, 3.63) is 35.4 Å². The van der Waals surface area contributed by atoms with Gasteiger partial charge in [0.1, 0.15) is 0 Å². The molecule has 1 aromatic carbocycles. The van der Waals surface area contributed by atoms with E-state index in [1.807, 2.05) is 37.8 Å². The molecule has 0 radical (unpaired) electrons. The van der Waals surface area contributed by atoms with Crippen LogP contribution in [-0.2, 0) is 16.1 Å². The topological polar surface area (TPSA) is 58.6 Å². The van der Waals surface area contributed by atoms with Crippen molar-refractivity contribution in [1.82, 2.24) is 10.2 Å². The number of benzene rings is 1. The summed E-state index contributed by atoms with van der Waals surface area (Å²) in [5.41, 5.74) is 1.59. The predicted octanol–water partition coefficient (Wildman–Crippen LogP) is 1.82. The average molecular weight is 292 g/mol. The average Bonchev–Trinajstić information content (AvgIpc) is 2.45. The van der Waals surface area contributed by atoms with Gasteiger partial charge in [-0.2, -0.15) is 0 Å². The number of hydrogen-bond donors (Lipinski definition) is 1. The molecule has 0 saturated carbocycles. The highest BCUT2D eigenvalue weighted by Gasteiger charge is 2.11. The second-order valence-electron chi connectivity index (χ2n) is 5.21. The summed E-state index contributed by atoms with van der Waals surface area (Å²) in [6, 6.07) is 7.40. The van der Waals surface area contributed by atoms with E-state index in [4.69, 9.17) is 0 Å². The smallest absolute Gasteiger partial charge is 0.337 e. The first-order valence-corrected chi connectivity index (χ1v) is 7.15. The van der Waals surface area contributed by atoms with E-state index in [1.165, 1.54) is 7.11 Å². The highest BCUT2D eigenvalue weighted by Crippen LogP contribution is 2.08. The van der Waals surface area contributed by atoms with E-state index < -0.39 is 0 Å². The molecule has 0 saturated heterocycles. The second kappa shape index (κ2) is 8.42. The van der Waals surface area contributed by atoms with Crippen LogP contribution in [0.4, 0.5) is 0 Å². The lowest BCUT2D eigenvalue weighted by molar-refractivity contribution is -0.122. The summed E-state index contributed by atoms with van der Waals surface area (Å²) in [6.45, 7) is 7.73. The van der Waals surface area contributed by atoms with Crippen LogP contribution in [-0.4, -0.2) is 43.0 Å². The van der Waals surface area contributed by atoms with Crippen molar-refractivity contribution < 1.29 is 14.3 Å². The third-order valence-corrected chi connectivity index (χ3v) is 3.05. The monoisotopic (exact) mass is 292 g/mol. The Morgan fingerprint density at radius 1 is 1.24 bits per heavy atom. The van der Waals surface area contributed by atoms with Gasteiger partial charge in [-0.1, -0.05) is 19.1 Å². The first-order chi connectivity index (χ1) is 9.96. The molecule has 0 aliphatic rings. The molecule has 0 spiro atoms. The van der Waals surface area contributed by atoms with Crippen molar-refractivity contribution in [3.8, 4) is 0 Å². The van der Waals surface area contributed by atoms with Gasteiger partial charge in [0.15, 0.2) is 0 Å². The molecule has 0 fully saturated rings. The van der Waals surface area contributed by atoms with E-state index >= 15 is 0 Å². The van der Waals surface area contributed by atoms with Crippen molar-refractivity contribution >= 4 is 11.9 Å². The summed E-state index contributed by atoms with van der Waals surface area (Å²) >= 11 is 0. The summed E-state index contributed by atoms with van der Waals surface area (Å²) in [7, 11) is 1.36. The molecular weight excluding hydrogens is 268 g/mol. The highest BCUT2D eigenvalue weighted by molar-refractivity contribution is 5.89. The first kappa shape index (κ1) is 17.2. The minimum absolute atomic E-state index is 0.0260. The molecule has 0 bridgehead atoms. The summed E-state index contributed by atoms with van der Waals surface area (Å²) < 4.78 is 4.67. The van der Waals surface area contributed by atoms with E-state index in [2.05, 4.69) is 10.1 Å². The maximum absolute atomic E-state index is 11.8. The molecule has 21 heavy (non-hydrogen) atoms. The quantitative estimate of drug-likeness (QED) is 0.779. The van der Waals surface area contributed by atoms with Crippen LogP contribution in [0.2, 0.25) is 0 Å². The summed E-state index contributed by atoms with van der Waals surface area (Å²) in [5, 5.41) is 2.88. The number of likely N-dealkylation sites (N-methyl/N-ethyl adjacent to an activating group) is 1. The molecule has 5 nitrogen and oxygen atoms in total. The van der Waals surface area contributed by atoms with E-state index in [1.54, 1.807) is 12.1 Å². The van der Waals surface area contributed by atoms with Crippen LogP contribution in [0.1, 0.15) is 36.7 Å². The van der Waals surface area contributed by atoms with E-state index in [-0.39, 0.29) is 17.9 Å². The van der Waals surface area contributed by atoms with Gasteiger partial charge < -0.3 is 10.1 Å². The highest BCUT2D eigenvalue weighted by atomic mass is 16.5. The lowest BCUT2D eigenvalue weighted by atomic mass is 10.1. The maximum atomic E-state index is 11.8. The first-order valence-electron chi connectivity index (χ1n) is 7.15.